The molecule has 4 N–H and O–H groups in total. The minimum Gasteiger partial charge on any atom is -0.508 e. The molecule has 0 bridgehead atoms. The zero-order valence-corrected chi connectivity index (χ0v) is 24.9. The number of phenols is 1. The number of piperidine rings is 1. The molecule has 2 heterocycles. The van der Waals surface area contributed by atoms with Crippen LogP contribution in [0.15, 0.2) is 53.4 Å². The molecular formula is C30H41N3O4S2. The molecule has 4 rings (SSSR count). The molecular weight excluding hydrogens is 530 g/mol. The lowest BCUT2D eigenvalue weighted by atomic mass is 9.89. The minimum absolute atomic E-state index is 0.00437. The van der Waals surface area contributed by atoms with E-state index in [1.807, 2.05) is 62.9 Å². The predicted octanol–water partition coefficient (Wildman–Crippen LogP) is 4.06. The third kappa shape index (κ3) is 7.93. The number of amides is 2. The van der Waals surface area contributed by atoms with Gasteiger partial charge in [-0.05, 0) is 76.5 Å². The van der Waals surface area contributed by atoms with Gasteiger partial charge in [-0.15, -0.1) is 11.8 Å². The van der Waals surface area contributed by atoms with Crippen molar-refractivity contribution in [2.45, 2.75) is 74.4 Å². The van der Waals surface area contributed by atoms with E-state index in [4.69, 9.17) is 0 Å². The SMILES string of the molecule is Cc1c(O)cccc1C(=O)N[C@@H](CSc1ccccc1)[C@H](O)CN1C[C@H]2CCS[C@H]2C[C@H]1C(=O)NC(C)(C)C. The van der Waals surface area contributed by atoms with Crippen LogP contribution < -0.4 is 10.6 Å². The highest BCUT2D eigenvalue weighted by Gasteiger charge is 2.43. The number of fused-ring (bicyclic) bond motifs is 1. The van der Waals surface area contributed by atoms with Gasteiger partial charge in [0.1, 0.15) is 5.75 Å². The summed E-state index contributed by atoms with van der Waals surface area (Å²) in [4.78, 5) is 29.8. The molecule has 0 unspecified atom stereocenters. The van der Waals surface area contributed by atoms with E-state index in [1.165, 1.54) is 0 Å². The van der Waals surface area contributed by atoms with Gasteiger partial charge < -0.3 is 20.8 Å². The normalized spacial score (nSPS) is 23.1. The lowest BCUT2D eigenvalue weighted by Gasteiger charge is -2.43. The number of likely N-dealkylation sites (tertiary alicyclic amines) is 1. The number of aliphatic hydroxyl groups is 1. The van der Waals surface area contributed by atoms with Crippen molar-refractivity contribution in [3.8, 4) is 5.75 Å². The van der Waals surface area contributed by atoms with E-state index in [9.17, 15) is 19.8 Å². The van der Waals surface area contributed by atoms with Gasteiger partial charge in [0.2, 0.25) is 5.91 Å². The Kier molecular flexibility index (Phi) is 9.91. The summed E-state index contributed by atoms with van der Waals surface area (Å²) in [7, 11) is 0. The van der Waals surface area contributed by atoms with Gasteiger partial charge in [-0.2, -0.15) is 11.8 Å². The third-order valence-corrected chi connectivity index (χ3v) is 10.0. The third-order valence-electron chi connectivity index (χ3n) is 7.44. The highest BCUT2D eigenvalue weighted by atomic mass is 32.2. The van der Waals surface area contributed by atoms with Crippen LogP contribution in [0.2, 0.25) is 0 Å². The molecule has 5 atom stereocenters. The molecule has 0 aliphatic carbocycles. The van der Waals surface area contributed by atoms with Gasteiger partial charge in [-0.25, -0.2) is 0 Å². The molecule has 9 heteroatoms. The van der Waals surface area contributed by atoms with Gasteiger partial charge in [-0.3, -0.25) is 14.5 Å². The van der Waals surface area contributed by atoms with Gasteiger partial charge in [-0.1, -0.05) is 24.3 Å². The molecule has 2 aliphatic rings. The molecule has 2 aromatic carbocycles. The average molecular weight is 572 g/mol. The van der Waals surface area contributed by atoms with E-state index in [-0.39, 0.29) is 35.7 Å². The van der Waals surface area contributed by atoms with E-state index >= 15 is 0 Å². The van der Waals surface area contributed by atoms with Crippen LogP contribution in [0.4, 0.5) is 0 Å². The summed E-state index contributed by atoms with van der Waals surface area (Å²) < 4.78 is 0. The Hall–Kier alpha value is -2.20. The van der Waals surface area contributed by atoms with Gasteiger partial charge in [0.25, 0.3) is 5.91 Å². The first-order valence-corrected chi connectivity index (χ1v) is 15.7. The van der Waals surface area contributed by atoms with Crippen LogP contribution >= 0.6 is 23.5 Å². The summed E-state index contributed by atoms with van der Waals surface area (Å²) >= 11 is 3.53. The van der Waals surface area contributed by atoms with Crippen LogP contribution in [0.5, 0.6) is 5.75 Å². The zero-order chi connectivity index (χ0) is 28.2. The summed E-state index contributed by atoms with van der Waals surface area (Å²) in [5.74, 6) is 1.79. The molecule has 0 spiro atoms. The molecule has 0 saturated carbocycles. The van der Waals surface area contributed by atoms with Crippen molar-refractivity contribution >= 4 is 35.3 Å². The number of thioether (sulfide) groups is 2. The first kappa shape index (κ1) is 29.8. The topological polar surface area (TPSA) is 102 Å². The Morgan fingerprint density at radius 2 is 1.90 bits per heavy atom. The summed E-state index contributed by atoms with van der Waals surface area (Å²) in [5, 5.41) is 28.3. The first-order valence-electron chi connectivity index (χ1n) is 13.6. The Balaban J connectivity index is 1.53. The summed E-state index contributed by atoms with van der Waals surface area (Å²) in [6.45, 7) is 8.70. The number of benzene rings is 2. The second-order valence-electron chi connectivity index (χ2n) is 11.6. The van der Waals surface area contributed by atoms with Crippen molar-refractivity contribution in [2.24, 2.45) is 5.92 Å². The zero-order valence-electron chi connectivity index (χ0n) is 23.2. The fraction of sp³-hybridized carbons (Fsp3) is 0.533. The molecule has 2 amide bonds. The van der Waals surface area contributed by atoms with Crippen LogP contribution in [-0.4, -0.2) is 80.5 Å². The Morgan fingerprint density at radius 1 is 1.15 bits per heavy atom. The number of nitrogens with zero attached hydrogens (tertiary/aromatic N) is 1. The van der Waals surface area contributed by atoms with Crippen molar-refractivity contribution in [1.82, 2.24) is 15.5 Å². The van der Waals surface area contributed by atoms with Gasteiger partial charge in [0.15, 0.2) is 0 Å². The molecule has 2 aliphatic heterocycles. The standard InChI is InChI=1S/C30H41N3O4S2/c1-19-22(11-8-12-25(19)34)28(36)31-23(18-39-21-9-6-5-7-10-21)26(35)17-33-16-20-13-14-38-27(20)15-24(33)29(37)32-30(2,3)4/h5-12,20,23-24,26-27,34-35H,13-18H2,1-4H3,(H,31,36)(H,32,37)/t20-,23+,24+,26-,27+/m1/s1. The average Bonchev–Trinajstić information content (AvgIpc) is 3.34. The predicted molar refractivity (Wildman–Crippen MR) is 159 cm³/mol. The number of hydrogen-bond donors (Lipinski definition) is 4. The van der Waals surface area contributed by atoms with Gasteiger partial charge in [0.05, 0.1) is 18.2 Å². The number of hydrogen-bond acceptors (Lipinski definition) is 7. The fourth-order valence-electron chi connectivity index (χ4n) is 5.32. The number of carbonyl (C=O) groups excluding carboxylic acids is 2. The number of aliphatic hydroxyl groups excluding tert-OH is 1. The molecule has 39 heavy (non-hydrogen) atoms. The maximum absolute atomic E-state index is 13.4. The molecule has 2 aromatic rings. The largest absolute Gasteiger partial charge is 0.508 e. The molecule has 212 valence electrons. The quantitative estimate of drug-likeness (QED) is 0.337. The van der Waals surface area contributed by atoms with Crippen molar-refractivity contribution in [3.63, 3.8) is 0 Å². The number of β-amino-alcohol motifs (C(OH)–C–C–N with tert-alkyl or cyclic N) is 1. The number of nitrogens with one attached hydrogen (secondary N) is 2. The van der Waals surface area contributed by atoms with E-state index in [0.29, 0.717) is 28.0 Å². The highest BCUT2D eigenvalue weighted by molar-refractivity contribution is 8.00. The maximum Gasteiger partial charge on any atom is 0.252 e. The molecule has 7 nitrogen and oxygen atoms in total. The fourth-order valence-corrected chi connectivity index (χ4v) is 7.90. The number of aromatic hydroxyl groups is 1. The molecule has 0 aromatic heterocycles. The van der Waals surface area contributed by atoms with Crippen molar-refractivity contribution in [1.29, 1.82) is 0 Å². The minimum atomic E-state index is -0.890. The molecule has 0 radical (unpaired) electrons. The smallest absolute Gasteiger partial charge is 0.252 e. The lowest BCUT2D eigenvalue weighted by Crippen LogP contribution is -2.60. The second kappa shape index (κ2) is 13.0. The summed E-state index contributed by atoms with van der Waals surface area (Å²) in [5.41, 5.74) is 0.532. The Labute approximate surface area is 240 Å². The molecule has 2 fully saturated rings. The maximum atomic E-state index is 13.4. The monoisotopic (exact) mass is 571 g/mol. The number of rotatable bonds is 9. The van der Waals surface area contributed by atoms with Crippen molar-refractivity contribution < 1.29 is 19.8 Å². The Morgan fingerprint density at radius 3 is 2.62 bits per heavy atom. The van der Waals surface area contributed by atoms with Crippen LogP contribution in [-0.2, 0) is 4.79 Å². The van der Waals surface area contributed by atoms with E-state index in [1.54, 1.807) is 36.9 Å². The molecule has 2 saturated heterocycles. The second-order valence-corrected chi connectivity index (χ2v) is 14.1. The first-order chi connectivity index (χ1) is 18.5. The Bertz CT molecular complexity index is 1140. The van der Waals surface area contributed by atoms with Crippen LogP contribution in [0, 0.1) is 12.8 Å². The number of phenolic OH excluding ortho intramolecular Hbond substituents is 1. The highest BCUT2D eigenvalue weighted by Crippen LogP contribution is 2.40. The van der Waals surface area contributed by atoms with E-state index < -0.39 is 12.1 Å². The van der Waals surface area contributed by atoms with Crippen LogP contribution in [0.25, 0.3) is 0 Å². The van der Waals surface area contributed by atoms with Crippen LogP contribution in [0.1, 0.15) is 49.5 Å². The van der Waals surface area contributed by atoms with Crippen molar-refractivity contribution in [2.75, 3.05) is 24.6 Å². The summed E-state index contributed by atoms with van der Waals surface area (Å²) in [6, 6.07) is 13.9. The van der Waals surface area contributed by atoms with Gasteiger partial charge in [0, 0.05) is 45.7 Å². The van der Waals surface area contributed by atoms with Gasteiger partial charge >= 0.3 is 0 Å². The summed E-state index contributed by atoms with van der Waals surface area (Å²) in [6.07, 6.45) is 0.997. The van der Waals surface area contributed by atoms with Crippen molar-refractivity contribution in [3.05, 3.63) is 59.7 Å². The van der Waals surface area contributed by atoms with E-state index in [2.05, 4.69) is 15.5 Å². The van der Waals surface area contributed by atoms with Crippen LogP contribution in [0.3, 0.4) is 0 Å². The van der Waals surface area contributed by atoms with E-state index in [0.717, 1.165) is 30.0 Å². The lowest BCUT2D eigenvalue weighted by molar-refractivity contribution is -0.130. The number of carbonyl (C=O) groups is 2.